The second-order valence-electron chi connectivity index (χ2n) is 9.01. The minimum Gasteiger partial charge on any atom is -0.493 e. The lowest BCUT2D eigenvalue weighted by Crippen LogP contribution is -2.46. The Morgan fingerprint density at radius 1 is 1.06 bits per heavy atom. The predicted octanol–water partition coefficient (Wildman–Crippen LogP) is 3.80. The average Bonchev–Trinajstić information content (AvgIpc) is 3.31. The summed E-state index contributed by atoms with van der Waals surface area (Å²) in [6.07, 6.45) is 3.16. The minimum atomic E-state index is -0.416. The summed E-state index contributed by atoms with van der Waals surface area (Å²) in [5, 5.41) is 6.09. The van der Waals surface area contributed by atoms with Crippen molar-refractivity contribution >= 4 is 17.5 Å². The highest BCUT2D eigenvalue weighted by atomic mass is 19.1. The fraction of sp³-hybridized carbons (Fsp3) is 0.444. The molecule has 1 aliphatic heterocycles. The smallest absolute Gasteiger partial charge is 0.262 e. The van der Waals surface area contributed by atoms with Gasteiger partial charge in [-0.25, -0.2) is 9.40 Å². The van der Waals surface area contributed by atoms with Gasteiger partial charge < -0.3 is 19.1 Å². The molecule has 1 heterocycles. The van der Waals surface area contributed by atoms with Gasteiger partial charge in [0.2, 0.25) is 5.91 Å². The number of carbonyl (C=O) groups excluding carboxylic acids is 2. The lowest BCUT2D eigenvalue weighted by atomic mass is 9.84. The van der Waals surface area contributed by atoms with Crippen molar-refractivity contribution in [1.29, 1.82) is 0 Å². The van der Waals surface area contributed by atoms with E-state index in [2.05, 4.69) is 5.10 Å². The molecular weight excluding hydrogens is 465 g/mol. The summed E-state index contributed by atoms with van der Waals surface area (Å²) in [7, 11) is 4.69. The van der Waals surface area contributed by atoms with Crippen LogP contribution in [0.25, 0.3) is 0 Å². The Balaban J connectivity index is 1.63. The molecule has 0 bridgehead atoms. The minimum absolute atomic E-state index is 0.0174. The van der Waals surface area contributed by atoms with Gasteiger partial charge in [0.1, 0.15) is 12.4 Å². The van der Waals surface area contributed by atoms with Crippen molar-refractivity contribution in [3.63, 3.8) is 0 Å². The zero-order valence-corrected chi connectivity index (χ0v) is 20.9. The number of ether oxygens (including phenoxy) is 3. The maximum absolute atomic E-state index is 13.6. The topological polar surface area (TPSA) is 80.7 Å². The van der Waals surface area contributed by atoms with Crippen LogP contribution in [0.1, 0.15) is 42.9 Å². The molecule has 9 heteroatoms. The number of nitrogens with zero attached hydrogens (tertiary/aromatic N) is 3. The van der Waals surface area contributed by atoms with Gasteiger partial charge in [-0.15, -0.1) is 0 Å². The fourth-order valence-corrected chi connectivity index (χ4v) is 4.49. The first-order valence-corrected chi connectivity index (χ1v) is 12.1. The maximum Gasteiger partial charge on any atom is 0.262 e. The third-order valence-electron chi connectivity index (χ3n) is 6.79. The van der Waals surface area contributed by atoms with E-state index >= 15 is 0 Å². The van der Waals surface area contributed by atoms with E-state index in [1.807, 2.05) is 12.1 Å². The summed E-state index contributed by atoms with van der Waals surface area (Å²) >= 11 is 0. The molecule has 1 unspecified atom stereocenters. The molecular formula is C27H32FN3O5. The number of carbonyl (C=O) groups is 2. The van der Waals surface area contributed by atoms with Crippen LogP contribution >= 0.6 is 0 Å². The molecule has 8 nitrogen and oxygen atoms in total. The number of hydrazone groups is 1. The molecule has 0 saturated heterocycles. The lowest BCUT2D eigenvalue weighted by molar-refractivity contribution is -0.146. The summed E-state index contributed by atoms with van der Waals surface area (Å²) in [6.45, 7) is 0.582. The summed E-state index contributed by atoms with van der Waals surface area (Å²) in [4.78, 5) is 28.2. The van der Waals surface area contributed by atoms with Crippen LogP contribution in [0.4, 0.5) is 4.39 Å². The van der Waals surface area contributed by atoms with Crippen LogP contribution in [0.15, 0.2) is 47.6 Å². The van der Waals surface area contributed by atoms with Crippen LogP contribution in [0, 0.1) is 11.7 Å². The van der Waals surface area contributed by atoms with Crippen molar-refractivity contribution in [2.75, 3.05) is 41.0 Å². The number of hydrogen-bond donors (Lipinski definition) is 0. The Hall–Kier alpha value is -3.46. The second-order valence-corrected chi connectivity index (χ2v) is 9.01. The molecule has 4 rings (SSSR count). The number of methoxy groups -OCH3 is 3. The van der Waals surface area contributed by atoms with E-state index in [-0.39, 0.29) is 30.1 Å². The Morgan fingerprint density at radius 3 is 2.39 bits per heavy atom. The van der Waals surface area contributed by atoms with E-state index in [9.17, 15) is 14.0 Å². The van der Waals surface area contributed by atoms with Crippen molar-refractivity contribution in [3.05, 3.63) is 59.4 Å². The fourth-order valence-electron chi connectivity index (χ4n) is 4.49. The largest absolute Gasteiger partial charge is 0.493 e. The van der Waals surface area contributed by atoms with Gasteiger partial charge in [0, 0.05) is 26.0 Å². The molecule has 0 aromatic heterocycles. The van der Waals surface area contributed by atoms with Crippen LogP contribution in [0.2, 0.25) is 0 Å². The summed E-state index contributed by atoms with van der Waals surface area (Å²) in [5.41, 5.74) is 2.21. The number of hydrogen-bond acceptors (Lipinski definition) is 6. The quantitative estimate of drug-likeness (QED) is 0.499. The predicted molar refractivity (Wildman–Crippen MR) is 132 cm³/mol. The Labute approximate surface area is 210 Å². The monoisotopic (exact) mass is 497 g/mol. The van der Waals surface area contributed by atoms with Crippen LogP contribution < -0.4 is 9.47 Å². The average molecular weight is 498 g/mol. The van der Waals surface area contributed by atoms with E-state index in [1.165, 1.54) is 17.1 Å². The first kappa shape index (κ1) is 25.6. The highest BCUT2D eigenvalue weighted by Gasteiger charge is 2.36. The number of benzene rings is 2. The molecule has 36 heavy (non-hydrogen) atoms. The second kappa shape index (κ2) is 11.5. The molecule has 1 atom stereocenters. The van der Waals surface area contributed by atoms with Gasteiger partial charge in [-0.2, -0.15) is 5.10 Å². The Morgan fingerprint density at radius 2 is 1.78 bits per heavy atom. The standard InChI is InChI=1S/C27H32FN3O5/c1-34-14-13-30(27(33)19-5-4-6-19)17-26(32)31-23(20-9-12-24(35-2)25(15-20)36-3)16-22(29-31)18-7-10-21(28)11-8-18/h7-12,15,19,23H,4-6,13-14,16-17H2,1-3H3. The van der Waals surface area contributed by atoms with Crippen LogP contribution in [0.5, 0.6) is 11.5 Å². The molecule has 2 aliphatic rings. The van der Waals surface area contributed by atoms with Crippen molar-refractivity contribution < 1.29 is 28.2 Å². The molecule has 1 saturated carbocycles. The van der Waals surface area contributed by atoms with Gasteiger partial charge in [-0.05, 0) is 48.2 Å². The normalized spacial score (nSPS) is 17.4. The summed E-state index contributed by atoms with van der Waals surface area (Å²) in [5.74, 6) is 0.429. The number of halogens is 1. The van der Waals surface area contributed by atoms with Crippen LogP contribution in [-0.2, 0) is 14.3 Å². The molecule has 2 aromatic carbocycles. The molecule has 1 fully saturated rings. The van der Waals surface area contributed by atoms with E-state index in [0.717, 1.165) is 30.4 Å². The maximum atomic E-state index is 13.6. The van der Waals surface area contributed by atoms with Crippen molar-refractivity contribution in [2.45, 2.75) is 31.7 Å². The molecule has 2 aromatic rings. The van der Waals surface area contributed by atoms with Gasteiger partial charge in [0.25, 0.3) is 5.91 Å². The first-order chi connectivity index (χ1) is 17.4. The SMILES string of the molecule is COCCN(CC(=O)N1N=C(c2ccc(F)cc2)CC1c1ccc(OC)c(OC)c1)C(=O)C1CCC1. The molecule has 0 N–H and O–H groups in total. The van der Waals surface area contributed by atoms with Crippen molar-refractivity contribution in [3.8, 4) is 11.5 Å². The molecule has 2 amide bonds. The summed E-state index contributed by atoms with van der Waals surface area (Å²) in [6, 6.07) is 11.1. The van der Waals surface area contributed by atoms with Crippen molar-refractivity contribution in [2.24, 2.45) is 11.0 Å². The zero-order chi connectivity index (χ0) is 25.7. The molecule has 1 aliphatic carbocycles. The first-order valence-electron chi connectivity index (χ1n) is 12.1. The van der Waals surface area contributed by atoms with E-state index in [0.29, 0.717) is 36.8 Å². The van der Waals surface area contributed by atoms with Crippen LogP contribution in [0.3, 0.4) is 0 Å². The number of amides is 2. The lowest BCUT2D eigenvalue weighted by Gasteiger charge is -2.32. The third-order valence-corrected chi connectivity index (χ3v) is 6.79. The highest BCUT2D eigenvalue weighted by Crippen LogP contribution is 2.37. The molecule has 0 radical (unpaired) electrons. The zero-order valence-electron chi connectivity index (χ0n) is 20.9. The molecule has 0 spiro atoms. The van der Waals surface area contributed by atoms with E-state index in [1.54, 1.807) is 44.4 Å². The van der Waals surface area contributed by atoms with Gasteiger partial charge >= 0.3 is 0 Å². The van der Waals surface area contributed by atoms with E-state index in [4.69, 9.17) is 14.2 Å². The van der Waals surface area contributed by atoms with Gasteiger partial charge in [-0.1, -0.05) is 24.6 Å². The van der Waals surface area contributed by atoms with Crippen LogP contribution in [-0.4, -0.2) is 68.5 Å². The highest BCUT2D eigenvalue weighted by molar-refractivity contribution is 6.03. The Kier molecular flexibility index (Phi) is 8.20. The summed E-state index contributed by atoms with van der Waals surface area (Å²) < 4.78 is 29.5. The van der Waals surface area contributed by atoms with Crippen molar-refractivity contribution in [1.82, 2.24) is 9.91 Å². The molecule has 192 valence electrons. The third kappa shape index (κ3) is 5.51. The Bertz CT molecular complexity index is 1120. The van der Waals surface area contributed by atoms with Gasteiger partial charge in [0.15, 0.2) is 11.5 Å². The van der Waals surface area contributed by atoms with E-state index < -0.39 is 6.04 Å². The van der Waals surface area contributed by atoms with Gasteiger partial charge in [0.05, 0.1) is 32.6 Å². The van der Waals surface area contributed by atoms with Gasteiger partial charge in [-0.3, -0.25) is 9.59 Å². The number of rotatable bonds is 10.